The standard InChI is InChI=1S/C17H19N3O5S/c1-25-17(24)14-11-5-3-2-4-6-12(11)26-15(14)19-13(21)9-20-8-10(7-18-20)16(22)23/h7-8H,2-6,9H2,1H3,(H,19,21)(H,22,23). The zero-order valence-electron chi connectivity index (χ0n) is 14.3. The molecule has 0 radical (unpaired) electrons. The molecule has 3 rings (SSSR count). The number of nitrogens with one attached hydrogen (secondary N) is 1. The number of aromatic carboxylic acids is 1. The van der Waals surface area contributed by atoms with E-state index in [0.29, 0.717) is 10.6 Å². The van der Waals surface area contributed by atoms with Gasteiger partial charge in [-0.3, -0.25) is 9.48 Å². The van der Waals surface area contributed by atoms with Crippen LogP contribution in [0, 0.1) is 0 Å². The molecule has 1 aliphatic rings. The van der Waals surface area contributed by atoms with Crippen LogP contribution in [0.25, 0.3) is 0 Å². The van der Waals surface area contributed by atoms with Gasteiger partial charge in [-0.15, -0.1) is 11.3 Å². The molecular weight excluding hydrogens is 358 g/mol. The molecule has 1 aliphatic carbocycles. The summed E-state index contributed by atoms with van der Waals surface area (Å²) < 4.78 is 6.15. The van der Waals surface area contributed by atoms with Crippen molar-refractivity contribution < 1.29 is 24.2 Å². The zero-order valence-corrected chi connectivity index (χ0v) is 15.1. The normalized spacial score (nSPS) is 13.6. The molecule has 0 spiro atoms. The van der Waals surface area contributed by atoms with Crippen molar-refractivity contribution >= 4 is 34.2 Å². The maximum Gasteiger partial charge on any atom is 0.341 e. The highest BCUT2D eigenvalue weighted by atomic mass is 32.1. The van der Waals surface area contributed by atoms with Crippen LogP contribution in [0.2, 0.25) is 0 Å². The zero-order chi connectivity index (χ0) is 18.7. The summed E-state index contributed by atoms with van der Waals surface area (Å²) in [6, 6.07) is 0. The van der Waals surface area contributed by atoms with Crippen LogP contribution in [-0.4, -0.2) is 39.8 Å². The topological polar surface area (TPSA) is 111 Å². The van der Waals surface area contributed by atoms with Crippen LogP contribution in [-0.2, 0) is 28.9 Å². The molecular formula is C17H19N3O5S. The Morgan fingerprint density at radius 3 is 2.77 bits per heavy atom. The van der Waals surface area contributed by atoms with Gasteiger partial charge in [0.05, 0.1) is 24.4 Å². The van der Waals surface area contributed by atoms with Gasteiger partial charge >= 0.3 is 11.9 Å². The Hall–Kier alpha value is -2.68. The van der Waals surface area contributed by atoms with Crippen LogP contribution >= 0.6 is 11.3 Å². The first-order valence-corrected chi connectivity index (χ1v) is 9.09. The summed E-state index contributed by atoms with van der Waals surface area (Å²) in [4.78, 5) is 36.6. The largest absolute Gasteiger partial charge is 0.478 e. The number of hydrogen-bond donors (Lipinski definition) is 2. The number of thiophene rings is 1. The fourth-order valence-corrected chi connectivity index (χ4v) is 4.32. The maximum atomic E-state index is 12.3. The fraction of sp³-hybridized carbons (Fsp3) is 0.412. The van der Waals surface area contributed by atoms with Crippen LogP contribution in [0.3, 0.4) is 0 Å². The monoisotopic (exact) mass is 377 g/mol. The van der Waals surface area contributed by atoms with Crippen molar-refractivity contribution in [3.05, 3.63) is 34.0 Å². The van der Waals surface area contributed by atoms with E-state index in [1.165, 1.54) is 35.5 Å². The van der Waals surface area contributed by atoms with E-state index in [0.717, 1.165) is 42.5 Å². The van der Waals surface area contributed by atoms with E-state index in [2.05, 4.69) is 10.4 Å². The maximum absolute atomic E-state index is 12.3. The van der Waals surface area contributed by atoms with Crippen LogP contribution in [0.15, 0.2) is 12.4 Å². The number of carbonyl (C=O) groups excluding carboxylic acids is 2. The van der Waals surface area contributed by atoms with Gasteiger partial charge < -0.3 is 15.2 Å². The van der Waals surface area contributed by atoms with Gasteiger partial charge in [-0.05, 0) is 31.2 Å². The van der Waals surface area contributed by atoms with Gasteiger partial charge in [0.1, 0.15) is 11.5 Å². The van der Waals surface area contributed by atoms with Crippen molar-refractivity contribution in [1.29, 1.82) is 0 Å². The third-order valence-electron chi connectivity index (χ3n) is 4.25. The predicted molar refractivity (Wildman–Crippen MR) is 94.7 cm³/mol. The molecule has 0 saturated heterocycles. The number of rotatable bonds is 5. The average Bonchev–Trinajstić information content (AvgIpc) is 3.12. The number of esters is 1. The molecule has 0 aliphatic heterocycles. The molecule has 8 nitrogen and oxygen atoms in total. The molecule has 0 saturated carbocycles. The summed E-state index contributed by atoms with van der Waals surface area (Å²) in [5.41, 5.74) is 1.42. The molecule has 0 fully saturated rings. The lowest BCUT2D eigenvalue weighted by atomic mass is 10.1. The molecule has 1 amide bonds. The lowest BCUT2D eigenvalue weighted by molar-refractivity contribution is -0.116. The second-order valence-electron chi connectivity index (χ2n) is 6.04. The number of hydrogen-bond acceptors (Lipinski definition) is 6. The van der Waals surface area contributed by atoms with Crippen molar-refractivity contribution in [1.82, 2.24) is 9.78 Å². The number of carboxylic acids is 1. The smallest absolute Gasteiger partial charge is 0.341 e. The highest BCUT2D eigenvalue weighted by Gasteiger charge is 2.26. The number of carbonyl (C=O) groups is 3. The lowest BCUT2D eigenvalue weighted by Crippen LogP contribution is -2.20. The number of ether oxygens (including phenoxy) is 1. The Labute approximate surface area is 153 Å². The Bertz CT molecular complexity index is 855. The van der Waals surface area contributed by atoms with Crippen LogP contribution in [0.5, 0.6) is 0 Å². The number of aromatic nitrogens is 2. The molecule has 138 valence electrons. The Morgan fingerprint density at radius 2 is 2.08 bits per heavy atom. The second kappa shape index (κ2) is 7.69. The Morgan fingerprint density at radius 1 is 1.31 bits per heavy atom. The number of methoxy groups -OCH3 is 1. The first-order chi connectivity index (χ1) is 12.5. The molecule has 0 bridgehead atoms. The Balaban J connectivity index is 1.80. The van der Waals surface area contributed by atoms with Gasteiger partial charge in [0.25, 0.3) is 0 Å². The number of aryl methyl sites for hydroxylation is 1. The van der Waals surface area contributed by atoms with Gasteiger partial charge in [-0.2, -0.15) is 5.10 Å². The summed E-state index contributed by atoms with van der Waals surface area (Å²) in [7, 11) is 1.33. The van der Waals surface area contributed by atoms with E-state index in [4.69, 9.17) is 9.84 Å². The van der Waals surface area contributed by atoms with Gasteiger partial charge in [0.2, 0.25) is 5.91 Å². The van der Waals surface area contributed by atoms with Crippen molar-refractivity contribution in [2.75, 3.05) is 12.4 Å². The highest BCUT2D eigenvalue weighted by Crippen LogP contribution is 2.37. The molecule has 0 unspecified atom stereocenters. The second-order valence-corrected chi connectivity index (χ2v) is 7.15. The van der Waals surface area contributed by atoms with Crippen LogP contribution < -0.4 is 5.32 Å². The van der Waals surface area contributed by atoms with E-state index >= 15 is 0 Å². The molecule has 2 aromatic rings. The predicted octanol–water partition coefficient (Wildman–Crippen LogP) is 2.34. The minimum absolute atomic E-state index is 0.0101. The Kier molecular flexibility index (Phi) is 5.36. The van der Waals surface area contributed by atoms with E-state index in [1.54, 1.807) is 0 Å². The number of anilines is 1. The van der Waals surface area contributed by atoms with Gasteiger partial charge in [0, 0.05) is 11.1 Å². The quantitative estimate of drug-likeness (QED) is 0.611. The third kappa shape index (κ3) is 3.77. The molecule has 2 N–H and O–H groups in total. The summed E-state index contributed by atoms with van der Waals surface area (Å²) in [5, 5.41) is 16.0. The molecule has 2 heterocycles. The first kappa shape index (κ1) is 18.1. The fourth-order valence-electron chi connectivity index (χ4n) is 3.02. The van der Waals surface area contributed by atoms with Gasteiger partial charge in [-0.25, -0.2) is 9.59 Å². The molecule has 2 aromatic heterocycles. The lowest BCUT2D eigenvalue weighted by Gasteiger charge is -2.07. The van der Waals surface area contributed by atoms with Crippen molar-refractivity contribution in [3.8, 4) is 0 Å². The number of carboxylic acid groups (broad SMARTS) is 1. The minimum Gasteiger partial charge on any atom is -0.478 e. The van der Waals surface area contributed by atoms with Crippen molar-refractivity contribution in [2.45, 2.75) is 38.6 Å². The minimum atomic E-state index is -1.10. The molecule has 9 heteroatoms. The van der Waals surface area contributed by atoms with Crippen molar-refractivity contribution in [3.63, 3.8) is 0 Å². The number of nitrogens with zero attached hydrogens (tertiary/aromatic N) is 2. The van der Waals surface area contributed by atoms with E-state index in [9.17, 15) is 14.4 Å². The summed E-state index contributed by atoms with van der Waals surface area (Å²) in [6.07, 6.45) is 7.35. The van der Waals surface area contributed by atoms with Crippen molar-refractivity contribution in [2.24, 2.45) is 0 Å². The van der Waals surface area contributed by atoms with Gasteiger partial charge in [0.15, 0.2) is 0 Å². The van der Waals surface area contributed by atoms with Crippen LogP contribution in [0.4, 0.5) is 5.00 Å². The van der Waals surface area contributed by atoms with Crippen LogP contribution in [0.1, 0.15) is 50.4 Å². The molecule has 0 atom stereocenters. The average molecular weight is 377 g/mol. The highest BCUT2D eigenvalue weighted by molar-refractivity contribution is 7.17. The summed E-state index contributed by atoms with van der Waals surface area (Å²) >= 11 is 1.41. The van der Waals surface area contributed by atoms with Gasteiger partial charge in [-0.1, -0.05) is 6.42 Å². The summed E-state index contributed by atoms with van der Waals surface area (Å²) in [6.45, 7) is -0.142. The van der Waals surface area contributed by atoms with E-state index < -0.39 is 11.9 Å². The molecule has 0 aromatic carbocycles. The van der Waals surface area contributed by atoms with E-state index in [1.807, 2.05) is 0 Å². The number of amides is 1. The number of fused-ring (bicyclic) bond motifs is 1. The summed E-state index contributed by atoms with van der Waals surface area (Å²) in [5.74, 6) is -1.94. The molecule has 26 heavy (non-hydrogen) atoms. The van der Waals surface area contributed by atoms with E-state index in [-0.39, 0.29) is 18.0 Å². The first-order valence-electron chi connectivity index (χ1n) is 8.28. The third-order valence-corrected chi connectivity index (χ3v) is 5.46. The SMILES string of the molecule is COC(=O)c1c(NC(=O)Cn2cc(C(=O)O)cn2)sc2c1CCCCC2.